The molecule has 0 bridgehead atoms. The third-order valence-electron chi connectivity index (χ3n) is 3.31. The molecule has 0 aliphatic carbocycles. The van der Waals surface area contributed by atoms with Gasteiger partial charge in [-0.25, -0.2) is 4.98 Å². The van der Waals surface area contributed by atoms with Crippen molar-refractivity contribution in [3.05, 3.63) is 59.8 Å². The number of amides is 1. The number of halogens is 5. The van der Waals surface area contributed by atoms with Gasteiger partial charge in [-0.3, -0.25) is 4.79 Å². The molecule has 2 aromatic rings. The summed E-state index contributed by atoms with van der Waals surface area (Å²) in [7, 11) is 0. The van der Waals surface area contributed by atoms with Crippen LogP contribution in [0.3, 0.4) is 0 Å². The normalized spacial score (nSPS) is 11.6. The minimum Gasteiger partial charge on any atom is -0.468 e. The Morgan fingerprint density at radius 3 is 2.44 bits per heavy atom. The van der Waals surface area contributed by atoms with Crippen LogP contribution in [0.1, 0.15) is 11.1 Å². The molecule has 1 aromatic carbocycles. The maximum Gasteiger partial charge on any atom is 0.422 e. The van der Waals surface area contributed by atoms with Crippen LogP contribution < -0.4 is 15.8 Å². The van der Waals surface area contributed by atoms with Gasteiger partial charge in [-0.15, -0.1) is 24.8 Å². The van der Waals surface area contributed by atoms with Crippen molar-refractivity contribution in [1.82, 2.24) is 10.3 Å². The predicted octanol–water partition coefficient (Wildman–Crippen LogP) is 3.05. The molecular formula is C17H20Cl2F3N3O2. The maximum atomic E-state index is 12.3. The zero-order valence-corrected chi connectivity index (χ0v) is 15.7. The summed E-state index contributed by atoms with van der Waals surface area (Å²) in [6.45, 7) is -1.47. The quantitative estimate of drug-likeness (QED) is 0.714. The van der Waals surface area contributed by atoms with Crippen molar-refractivity contribution in [3.8, 4) is 5.88 Å². The summed E-state index contributed by atoms with van der Waals surface area (Å²) in [6, 6.07) is 11.6. The highest BCUT2D eigenvalue weighted by Gasteiger charge is 2.29. The molecule has 1 heterocycles. The van der Waals surface area contributed by atoms with Gasteiger partial charge in [0.25, 0.3) is 0 Å². The average molecular weight is 426 g/mol. The summed E-state index contributed by atoms with van der Waals surface area (Å²) in [5, 5.41) is 2.59. The molecule has 0 aliphatic rings. The minimum atomic E-state index is -4.46. The molecule has 10 heteroatoms. The van der Waals surface area contributed by atoms with Gasteiger partial charge in [0, 0.05) is 18.3 Å². The van der Waals surface area contributed by atoms with E-state index in [4.69, 9.17) is 5.73 Å². The number of nitrogens with one attached hydrogen (secondary N) is 1. The van der Waals surface area contributed by atoms with Crippen LogP contribution in [-0.4, -0.2) is 29.7 Å². The first-order valence-corrected chi connectivity index (χ1v) is 7.56. The topological polar surface area (TPSA) is 77.2 Å². The molecule has 0 saturated heterocycles. The van der Waals surface area contributed by atoms with E-state index in [0.29, 0.717) is 12.0 Å². The molecule has 2 rings (SSSR count). The highest BCUT2D eigenvalue weighted by Crippen LogP contribution is 2.19. The molecule has 1 unspecified atom stereocenters. The Hall–Kier alpha value is -2.03. The summed E-state index contributed by atoms with van der Waals surface area (Å²) in [5.41, 5.74) is 7.12. The van der Waals surface area contributed by atoms with E-state index in [2.05, 4.69) is 15.0 Å². The summed E-state index contributed by atoms with van der Waals surface area (Å²) in [6.07, 6.45) is -2.79. The Balaban J connectivity index is 0.00000338. The lowest BCUT2D eigenvalue weighted by atomic mass is 10.1. The van der Waals surface area contributed by atoms with Crippen molar-refractivity contribution in [2.45, 2.75) is 25.2 Å². The fourth-order valence-corrected chi connectivity index (χ4v) is 2.11. The van der Waals surface area contributed by atoms with E-state index in [1.54, 1.807) is 6.07 Å². The monoisotopic (exact) mass is 425 g/mol. The van der Waals surface area contributed by atoms with Crippen LogP contribution in [0.5, 0.6) is 5.88 Å². The summed E-state index contributed by atoms with van der Waals surface area (Å²) >= 11 is 0. The smallest absolute Gasteiger partial charge is 0.422 e. The number of carbonyl (C=O) groups excluding carboxylic acids is 1. The highest BCUT2D eigenvalue weighted by atomic mass is 35.5. The van der Waals surface area contributed by atoms with E-state index >= 15 is 0 Å². The number of rotatable bonds is 7. The van der Waals surface area contributed by atoms with Gasteiger partial charge >= 0.3 is 6.18 Å². The fraction of sp³-hybridized carbons (Fsp3) is 0.294. The minimum absolute atomic E-state index is 0. The molecule has 0 saturated carbocycles. The molecule has 27 heavy (non-hydrogen) atoms. The molecule has 5 nitrogen and oxygen atoms in total. The number of nitrogens with two attached hydrogens (primary N) is 1. The molecule has 0 spiro atoms. The van der Waals surface area contributed by atoms with Gasteiger partial charge in [0.2, 0.25) is 11.8 Å². The number of alkyl halides is 3. The van der Waals surface area contributed by atoms with Gasteiger partial charge in [-0.05, 0) is 18.1 Å². The number of hydrogen-bond donors (Lipinski definition) is 2. The maximum absolute atomic E-state index is 12.3. The second-order valence-corrected chi connectivity index (χ2v) is 5.39. The van der Waals surface area contributed by atoms with Crippen LogP contribution in [-0.2, 0) is 17.8 Å². The molecule has 0 radical (unpaired) electrons. The Labute approximate surface area is 167 Å². The van der Waals surface area contributed by atoms with Crippen molar-refractivity contribution in [2.75, 3.05) is 6.61 Å². The van der Waals surface area contributed by atoms with Crippen molar-refractivity contribution in [1.29, 1.82) is 0 Å². The van der Waals surface area contributed by atoms with E-state index in [1.165, 1.54) is 12.3 Å². The number of nitrogens with zero attached hydrogens (tertiary/aromatic N) is 1. The largest absolute Gasteiger partial charge is 0.468 e. The van der Waals surface area contributed by atoms with Crippen LogP contribution in [0.2, 0.25) is 0 Å². The predicted molar refractivity (Wildman–Crippen MR) is 100 cm³/mol. The summed E-state index contributed by atoms with van der Waals surface area (Å²) < 4.78 is 41.5. The van der Waals surface area contributed by atoms with E-state index < -0.39 is 24.7 Å². The Morgan fingerprint density at radius 2 is 1.81 bits per heavy atom. The first kappa shape index (κ1) is 25.0. The third kappa shape index (κ3) is 8.94. The lowest BCUT2D eigenvalue weighted by Crippen LogP contribution is -2.41. The molecule has 1 amide bonds. The summed E-state index contributed by atoms with van der Waals surface area (Å²) in [4.78, 5) is 15.8. The van der Waals surface area contributed by atoms with E-state index in [0.717, 1.165) is 5.56 Å². The second-order valence-electron chi connectivity index (χ2n) is 5.39. The zero-order valence-electron chi connectivity index (χ0n) is 14.1. The fourth-order valence-electron chi connectivity index (χ4n) is 2.11. The Bertz CT molecular complexity index is 703. The molecule has 1 atom stereocenters. The van der Waals surface area contributed by atoms with Crippen LogP contribution in [0.4, 0.5) is 13.2 Å². The van der Waals surface area contributed by atoms with E-state index in [9.17, 15) is 18.0 Å². The molecule has 3 N–H and O–H groups in total. The van der Waals surface area contributed by atoms with E-state index in [-0.39, 0.29) is 37.2 Å². The van der Waals surface area contributed by atoms with Crippen molar-refractivity contribution in [2.24, 2.45) is 5.73 Å². The number of carbonyl (C=O) groups is 1. The molecule has 150 valence electrons. The standard InChI is InChI=1S/C17H18F3N3O2.2ClH/c18-17(19,20)11-25-16-13(7-4-8-22-16)10-23-15(24)14(21)9-12-5-2-1-3-6-12;;/h1-8,14H,9-11,21H2,(H,23,24);2*1H. The van der Waals surface area contributed by atoms with Crippen molar-refractivity contribution < 1.29 is 22.7 Å². The lowest BCUT2D eigenvalue weighted by Gasteiger charge is -2.14. The van der Waals surface area contributed by atoms with Crippen LogP contribution in [0.15, 0.2) is 48.7 Å². The van der Waals surface area contributed by atoms with Crippen LogP contribution in [0, 0.1) is 0 Å². The highest BCUT2D eigenvalue weighted by molar-refractivity contribution is 5.85. The molecule has 1 aromatic heterocycles. The number of ether oxygens (including phenoxy) is 1. The lowest BCUT2D eigenvalue weighted by molar-refractivity contribution is -0.154. The number of pyridine rings is 1. The van der Waals surface area contributed by atoms with Crippen LogP contribution >= 0.6 is 24.8 Å². The number of hydrogen-bond acceptors (Lipinski definition) is 4. The first-order chi connectivity index (χ1) is 11.8. The van der Waals surface area contributed by atoms with Crippen molar-refractivity contribution in [3.63, 3.8) is 0 Å². The van der Waals surface area contributed by atoms with Gasteiger partial charge < -0.3 is 15.8 Å². The second kappa shape index (κ2) is 11.6. The van der Waals surface area contributed by atoms with Gasteiger partial charge in [0.05, 0.1) is 6.04 Å². The van der Waals surface area contributed by atoms with Gasteiger partial charge in [-0.1, -0.05) is 36.4 Å². The van der Waals surface area contributed by atoms with Crippen LogP contribution in [0.25, 0.3) is 0 Å². The number of benzene rings is 1. The van der Waals surface area contributed by atoms with Gasteiger partial charge in [0.15, 0.2) is 6.61 Å². The average Bonchev–Trinajstić information content (AvgIpc) is 2.58. The van der Waals surface area contributed by atoms with Gasteiger partial charge in [0.1, 0.15) is 0 Å². The molecular weight excluding hydrogens is 406 g/mol. The number of aromatic nitrogens is 1. The molecule has 0 aliphatic heterocycles. The van der Waals surface area contributed by atoms with Gasteiger partial charge in [-0.2, -0.15) is 13.2 Å². The van der Waals surface area contributed by atoms with Crippen molar-refractivity contribution >= 4 is 30.7 Å². The van der Waals surface area contributed by atoms with E-state index in [1.807, 2.05) is 30.3 Å². The molecule has 0 fully saturated rings. The third-order valence-corrected chi connectivity index (χ3v) is 3.31. The summed E-state index contributed by atoms with van der Waals surface area (Å²) in [5.74, 6) is -0.578. The zero-order chi connectivity index (χ0) is 18.3. The Morgan fingerprint density at radius 1 is 1.15 bits per heavy atom. The first-order valence-electron chi connectivity index (χ1n) is 7.56. The SMILES string of the molecule is Cl.Cl.NC(Cc1ccccc1)C(=O)NCc1cccnc1OCC(F)(F)F. The Kier molecular flexibility index (Phi) is 10.8.